The first-order valence-electron chi connectivity index (χ1n) is 6.18. The molecular formula is C14H20FNO. The number of nitrogens with two attached hydrogens (primary N) is 1. The van der Waals surface area contributed by atoms with Crippen LogP contribution in [0.15, 0.2) is 24.3 Å². The second-order valence-corrected chi connectivity index (χ2v) is 5.09. The van der Waals surface area contributed by atoms with Crippen LogP contribution in [-0.4, -0.2) is 12.1 Å². The summed E-state index contributed by atoms with van der Waals surface area (Å²) in [5.41, 5.74) is 6.67. The molecule has 1 aromatic carbocycles. The molecule has 0 aliphatic heterocycles. The van der Waals surface area contributed by atoms with Gasteiger partial charge in [0.05, 0.1) is 12.7 Å². The predicted octanol–water partition coefficient (Wildman–Crippen LogP) is 2.86. The van der Waals surface area contributed by atoms with Gasteiger partial charge in [0, 0.05) is 17.0 Å². The fraction of sp³-hybridized carbons (Fsp3) is 0.571. The molecule has 0 heterocycles. The maximum Gasteiger partial charge on any atom is 0.128 e. The highest BCUT2D eigenvalue weighted by Crippen LogP contribution is 2.44. The number of rotatable bonds is 4. The molecule has 0 aromatic heterocycles. The van der Waals surface area contributed by atoms with Gasteiger partial charge < -0.3 is 10.5 Å². The number of hydrogen-bond donors (Lipinski definition) is 1. The van der Waals surface area contributed by atoms with Gasteiger partial charge in [0.15, 0.2) is 0 Å². The van der Waals surface area contributed by atoms with E-state index in [-0.39, 0.29) is 23.4 Å². The van der Waals surface area contributed by atoms with Crippen molar-refractivity contribution >= 4 is 0 Å². The van der Waals surface area contributed by atoms with Crippen molar-refractivity contribution in [1.29, 1.82) is 0 Å². The highest BCUT2D eigenvalue weighted by Gasteiger charge is 2.49. The van der Waals surface area contributed by atoms with Crippen molar-refractivity contribution in [3.05, 3.63) is 35.6 Å². The first-order valence-corrected chi connectivity index (χ1v) is 6.18. The van der Waals surface area contributed by atoms with Gasteiger partial charge in [-0.15, -0.1) is 0 Å². The van der Waals surface area contributed by atoms with Crippen LogP contribution < -0.4 is 5.73 Å². The topological polar surface area (TPSA) is 35.2 Å². The van der Waals surface area contributed by atoms with E-state index in [0.717, 1.165) is 12.8 Å². The van der Waals surface area contributed by atoms with E-state index < -0.39 is 0 Å². The molecule has 1 aliphatic carbocycles. The highest BCUT2D eigenvalue weighted by atomic mass is 19.1. The van der Waals surface area contributed by atoms with E-state index in [1.807, 2.05) is 6.07 Å². The molecule has 3 unspecified atom stereocenters. The fourth-order valence-electron chi connectivity index (χ4n) is 2.40. The summed E-state index contributed by atoms with van der Waals surface area (Å²) in [5.74, 6) is -0.200. The van der Waals surface area contributed by atoms with Gasteiger partial charge in [-0.3, -0.25) is 0 Å². The third-order valence-electron chi connectivity index (χ3n) is 4.21. The zero-order valence-corrected chi connectivity index (χ0v) is 10.4. The molecule has 1 fully saturated rings. The third-order valence-corrected chi connectivity index (χ3v) is 4.21. The van der Waals surface area contributed by atoms with E-state index >= 15 is 0 Å². The van der Waals surface area contributed by atoms with Crippen molar-refractivity contribution in [2.75, 3.05) is 0 Å². The lowest BCUT2D eigenvalue weighted by Crippen LogP contribution is -2.60. The first-order chi connectivity index (χ1) is 8.08. The molecule has 3 atom stereocenters. The minimum absolute atomic E-state index is 0.0469. The van der Waals surface area contributed by atoms with E-state index in [1.165, 1.54) is 6.07 Å². The third kappa shape index (κ3) is 2.22. The smallest absolute Gasteiger partial charge is 0.128 e. The molecule has 2 N–H and O–H groups in total. The molecule has 2 nitrogen and oxygen atoms in total. The molecule has 0 saturated heterocycles. The summed E-state index contributed by atoms with van der Waals surface area (Å²) in [6.45, 7) is 4.60. The number of benzene rings is 1. The highest BCUT2D eigenvalue weighted by molar-refractivity contribution is 5.16. The van der Waals surface area contributed by atoms with Gasteiger partial charge in [-0.2, -0.15) is 0 Å². The van der Waals surface area contributed by atoms with Crippen molar-refractivity contribution in [1.82, 2.24) is 0 Å². The maximum atomic E-state index is 13.4. The molecular weight excluding hydrogens is 217 g/mol. The van der Waals surface area contributed by atoms with Crippen LogP contribution in [0, 0.1) is 11.2 Å². The van der Waals surface area contributed by atoms with E-state index in [2.05, 4.69) is 13.8 Å². The Bertz CT molecular complexity index is 396. The maximum absolute atomic E-state index is 13.4. The molecule has 0 bridgehead atoms. The zero-order chi connectivity index (χ0) is 12.5. The monoisotopic (exact) mass is 237 g/mol. The fourth-order valence-corrected chi connectivity index (χ4v) is 2.40. The molecule has 2 rings (SSSR count). The second-order valence-electron chi connectivity index (χ2n) is 5.09. The van der Waals surface area contributed by atoms with Crippen molar-refractivity contribution in [2.24, 2.45) is 11.1 Å². The van der Waals surface area contributed by atoms with Crippen LogP contribution >= 0.6 is 0 Å². The van der Waals surface area contributed by atoms with Crippen LogP contribution in [0.2, 0.25) is 0 Å². The van der Waals surface area contributed by atoms with Gasteiger partial charge in [-0.1, -0.05) is 32.0 Å². The van der Waals surface area contributed by atoms with E-state index in [9.17, 15) is 4.39 Å². The van der Waals surface area contributed by atoms with Crippen molar-refractivity contribution < 1.29 is 9.13 Å². The molecule has 1 saturated carbocycles. The Hall–Kier alpha value is -0.930. The van der Waals surface area contributed by atoms with Crippen LogP contribution in [0.1, 0.15) is 32.3 Å². The minimum atomic E-state index is -0.200. The number of halogens is 1. The summed E-state index contributed by atoms with van der Waals surface area (Å²) in [5, 5.41) is 0. The molecule has 0 spiro atoms. The largest absolute Gasteiger partial charge is 0.373 e. The summed E-state index contributed by atoms with van der Waals surface area (Å²) in [4.78, 5) is 0. The van der Waals surface area contributed by atoms with Gasteiger partial charge in [0.2, 0.25) is 0 Å². The lowest BCUT2D eigenvalue weighted by atomic mass is 9.62. The van der Waals surface area contributed by atoms with Crippen LogP contribution in [-0.2, 0) is 11.3 Å². The second kappa shape index (κ2) is 4.75. The predicted molar refractivity (Wildman–Crippen MR) is 66.0 cm³/mol. The molecule has 1 aliphatic rings. The van der Waals surface area contributed by atoms with E-state index in [0.29, 0.717) is 12.2 Å². The molecule has 17 heavy (non-hydrogen) atoms. The Balaban J connectivity index is 1.94. The Morgan fingerprint density at radius 2 is 2.18 bits per heavy atom. The average Bonchev–Trinajstić information content (AvgIpc) is 2.35. The summed E-state index contributed by atoms with van der Waals surface area (Å²) in [7, 11) is 0. The van der Waals surface area contributed by atoms with E-state index in [4.69, 9.17) is 10.5 Å². The van der Waals surface area contributed by atoms with Gasteiger partial charge in [0.25, 0.3) is 0 Å². The average molecular weight is 237 g/mol. The molecule has 94 valence electrons. The van der Waals surface area contributed by atoms with Crippen LogP contribution in [0.25, 0.3) is 0 Å². The standard InChI is InChI=1S/C14H20FNO/c1-3-14(2)12(16)8-13(14)17-9-10-6-4-5-7-11(10)15/h4-7,12-13H,3,8-9,16H2,1-2H3. The summed E-state index contributed by atoms with van der Waals surface area (Å²) in [6.07, 6.45) is 2.02. The first kappa shape index (κ1) is 12.5. The lowest BCUT2D eigenvalue weighted by Gasteiger charge is -2.51. The van der Waals surface area contributed by atoms with Crippen LogP contribution in [0.4, 0.5) is 4.39 Å². The van der Waals surface area contributed by atoms with Gasteiger partial charge in [0.1, 0.15) is 5.82 Å². The summed E-state index contributed by atoms with van der Waals surface area (Å²) >= 11 is 0. The zero-order valence-electron chi connectivity index (χ0n) is 10.4. The minimum Gasteiger partial charge on any atom is -0.373 e. The van der Waals surface area contributed by atoms with Crippen molar-refractivity contribution in [2.45, 2.75) is 45.4 Å². The Morgan fingerprint density at radius 1 is 1.47 bits per heavy atom. The Labute approximate surface area is 102 Å². The van der Waals surface area contributed by atoms with Gasteiger partial charge >= 0.3 is 0 Å². The van der Waals surface area contributed by atoms with Crippen molar-refractivity contribution in [3.8, 4) is 0 Å². The Kier molecular flexibility index (Phi) is 3.50. The summed E-state index contributed by atoms with van der Waals surface area (Å²) < 4.78 is 19.2. The van der Waals surface area contributed by atoms with Gasteiger partial charge in [-0.25, -0.2) is 4.39 Å². The van der Waals surface area contributed by atoms with Crippen LogP contribution in [0.5, 0.6) is 0 Å². The number of ether oxygens (including phenoxy) is 1. The van der Waals surface area contributed by atoms with E-state index in [1.54, 1.807) is 12.1 Å². The number of hydrogen-bond acceptors (Lipinski definition) is 2. The summed E-state index contributed by atoms with van der Waals surface area (Å²) in [6, 6.07) is 6.95. The molecule has 1 aromatic rings. The SMILES string of the molecule is CCC1(C)C(N)CC1OCc1ccccc1F. The lowest BCUT2D eigenvalue weighted by molar-refractivity contribution is -0.126. The molecule has 3 heteroatoms. The Morgan fingerprint density at radius 3 is 2.76 bits per heavy atom. The normalized spacial score (nSPS) is 32.2. The van der Waals surface area contributed by atoms with Crippen LogP contribution in [0.3, 0.4) is 0 Å². The molecule has 0 amide bonds. The van der Waals surface area contributed by atoms with Gasteiger partial charge in [-0.05, 0) is 18.9 Å². The molecule has 0 radical (unpaired) electrons. The van der Waals surface area contributed by atoms with Crippen molar-refractivity contribution in [3.63, 3.8) is 0 Å². The quantitative estimate of drug-likeness (QED) is 0.874.